The highest BCUT2D eigenvalue weighted by molar-refractivity contribution is 7.99. The summed E-state index contributed by atoms with van der Waals surface area (Å²) in [6.07, 6.45) is 0. The van der Waals surface area contributed by atoms with E-state index in [9.17, 15) is 4.39 Å². The van der Waals surface area contributed by atoms with Crippen LogP contribution < -0.4 is 11.3 Å². The molecule has 21 heavy (non-hydrogen) atoms. The highest BCUT2D eigenvalue weighted by Gasteiger charge is 2.15. The summed E-state index contributed by atoms with van der Waals surface area (Å²) in [5, 5.41) is 0.745. The molecule has 1 unspecified atom stereocenters. The molecule has 0 spiro atoms. The minimum atomic E-state index is -0.272. The summed E-state index contributed by atoms with van der Waals surface area (Å²) in [4.78, 5) is 1.17. The van der Waals surface area contributed by atoms with Gasteiger partial charge < -0.3 is 4.42 Å². The Morgan fingerprint density at radius 2 is 1.95 bits per heavy atom. The predicted molar refractivity (Wildman–Crippen MR) is 83.4 cm³/mol. The van der Waals surface area contributed by atoms with Crippen molar-refractivity contribution in [3.8, 4) is 0 Å². The molecule has 0 saturated carbocycles. The van der Waals surface area contributed by atoms with Crippen molar-refractivity contribution < 1.29 is 8.81 Å². The van der Waals surface area contributed by atoms with Crippen molar-refractivity contribution >= 4 is 22.7 Å². The first-order valence-electron chi connectivity index (χ1n) is 6.59. The van der Waals surface area contributed by atoms with Crippen LogP contribution in [0.3, 0.4) is 0 Å². The third-order valence-electron chi connectivity index (χ3n) is 3.20. The normalized spacial score (nSPS) is 12.7. The Bertz CT molecular complexity index is 729. The average Bonchev–Trinajstić information content (AvgIpc) is 2.92. The Morgan fingerprint density at radius 1 is 1.14 bits per heavy atom. The maximum atomic E-state index is 13.2. The van der Waals surface area contributed by atoms with Crippen LogP contribution in [0, 0.1) is 5.82 Å². The van der Waals surface area contributed by atoms with E-state index in [0.29, 0.717) is 11.3 Å². The first-order chi connectivity index (χ1) is 10.3. The number of thioether (sulfide) groups is 1. The van der Waals surface area contributed by atoms with Gasteiger partial charge in [0.25, 0.3) is 0 Å². The van der Waals surface area contributed by atoms with Crippen molar-refractivity contribution in [1.82, 2.24) is 5.43 Å². The van der Waals surface area contributed by atoms with Crippen LogP contribution in [0.2, 0.25) is 0 Å². The minimum absolute atomic E-state index is 0.134. The molecule has 0 aliphatic heterocycles. The molecule has 0 bridgehead atoms. The molecule has 1 atom stereocenters. The van der Waals surface area contributed by atoms with Crippen LogP contribution in [0.25, 0.3) is 11.0 Å². The molecule has 3 N–H and O–H groups in total. The van der Waals surface area contributed by atoms with Gasteiger partial charge in [0.15, 0.2) is 0 Å². The number of fused-ring (bicyclic) bond motifs is 1. The van der Waals surface area contributed by atoms with Crippen LogP contribution in [0.15, 0.2) is 63.9 Å². The van der Waals surface area contributed by atoms with E-state index < -0.39 is 0 Å². The van der Waals surface area contributed by atoms with Gasteiger partial charge in [-0.1, -0.05) is 18.2 Å². The summed E-state index contributed by atoms with van der Waals surface area (Å²) >= 11 is 1.68. The minimum Gasteiger partial charge on any atom is -0.459 e. The Morgan fingerprint density at radius 3 is 2.71 bits per heavy atom. The van der Waals surface area contributed by atoms with E-state index in [4.69, 9.17) is 10.3 Å². The zero-order valence-electron chi connectivity index (χ0n) is 11.3. The number of hydrogen-bond acceptors (Lipinski definition) is 4. The summed E-state index contributed by atoms with van der Waals surface area (Å²) in [6, 6.07) is 16.2. The number of nitrogens with two attached hydrogens (primary N) is 1. The van der Waals surface area contributed by atoms with Crippen molar-refractivity contribution in [2.24, 2.45) is 5.84 Å². The Hall–Kier alpha value is -1.82. The lowest BCUT2D eigenvalue weighted by molar-refractivity contribution is 0.463. The lowest BCUT2D eigenvalue weighted by Gasteiger charge is -2.12. The van der Waals surface area contributed by atoms with Gasteiger partial charge in [-0.25, -0.2) is 9.82 Å². The van der Waals surface area contributed by atoms with Crippen LogP contribution >= 0.6 is 11.8 Å². The van der Waals surface area contributed by atoms with Crippen LogP contribution in [0.1, 0.15) is 11.8 Å². The molecule has 0 saturated heterocycles. The maximum absolute atomic E-state index is 13.2. The third kappa shape index (κ3) is 3.26. The molecule has 3 nitrogen and oxygen atoms in total. The Balaban J connectivity index is 1.78. The quantitative estimate of drug-likeness (QED) is 0.427. The number of hydrogen-bond donors (Lipinski definition) is 2. The van der Waals surface area contributed by atoms with Gasteiger partial charge in [0, 0.05) is 16.0 Å². The van der Waals surface area contributed by atoms with Crippen LogP contribution in [-0.2, 0) is 0 Å². The van der Waals surface area contributed by atoms with Crippen molar-refractivity contribution in [2.75, 3.05) is 5.75 Å². The van der Waals surface area contributed by atoms with E-state index in [-0.39, 0.29) is 11.9 Å². The van der Waals surface area contributed by atoms with Gasteiger partial charge in [0.2, 0.25) is 0 Å². The van der Waals surface area contributed by atoms with E-state index >= 15 is 0 Å². The van der Waals surface area contributed by atoms with E-state index in [1.165, 1.54) is 17.0 Å². The molecule has 1 heterocycles. The molecule has 3 rings (SSSR count). The molecule has 0 fully saturated rings. The molecular weight excluding hydrogens is 287 g/mol. The number of hydrazine groups is 1. The number of rotatable bonds is 5. The van der Waals surface area contributed by atoms with Gasteiger partial charge in [-0.2, -0.15) is 0 Å². The molecule has 0 radical (unpaired) electrons. The van der Waals surface area contributed by atoms with E-state index in [0.717, 1.165) is 11.1 Å². The van der Waals surface area contributed by atoms with Gasteiger partial charge in [0.1, 0.15) is 17.2 Å². The highest BCUT2D eigenvalue weighted by Crippen LogP contribution is 2.28. The summed E-state index contributed by atoms with van der Waals surface area (Å²) in [5.74, 6) is 6.79. The maximum Gasteiger partial charge on any atom is 0.134 e. The van der Waals surface area contributed by atoms with Gasteiger partial charge in [-0.3, -0.25) is 5.84 Å². The fourth-order valence-electron chi connectivity index (χ4n) is 2.12. The van der Waals surface area contributed by atoms with E-state index in [1.54, 1.807) is 17.8 Å². The second-order valence-corrected chi connectivity index (χ2v) is 5.77. The Kier molecular flexibility index (Phi) is 4.24. The molecule has 2 aromatic carbocycles. The molecule has 108 valence electrons. The lowest BCUT2D eigenvalue weighted by Crippen LogP contribution is -2.29. The van der Waals surface area contributed by atoms with Crippen molar-refractivity contribution in [2.45, 2.75) is 10.9 Å². The van der Waals surface area contributed by atoms with E-state index in [2.05, 4.69) is 5.43 Å². The molecule has 0 aliphatic rings. The summed E-state index contributed by atoms with van der Waals surface area (Å²) in [7, 11) is 0. The third-order valence-corrected chi connectivity index (χ3v) is 4.31. The smallest absolute Gasteiger partial charge is 0.134 e. The van der Waals surface area contributed by atoms with Gasteiger partial charge in [-0.15, -0.1) is 11.8 Å². The summed E-state index contributed by atoms with van der Waals surface area (Å²) in [6.45, 7) is 0. The first kappa shape index (κ1) is 14.1. The molecule has 3 aromatic rings. The second-order valence-electron chi connectivity index (χ2n) is 4.67. The van der Waals surface area contributed by atoms with Crippen molar-refractivity contribution in [3.05, 3.63) is 66.2 Å². The molecule has 5 heteroatoms. The average molecular weight is 302 g/mol. The molecular formula is C16H15FN2OS. The lowest BCUT2D eigenvalue weighted by atomic mass is 10.2. The van der Waals surface area contributed by atoms with Crippen molar-refractivity contribution in [3.63, 3.8) is 0 Å². The van der Waals surface area contributed by atoms with Gasteiger partial charge in [-0.05, 0) is 36.4 Å². The topological polar surface area (TPSA) is 51.2 Å². The standard InChI is InChI=1S/C16H15FN2OS/c17-12-6-7-15-11(8-12)9-16(20-15)14(19-18)10-21-13-4-2-1-3-5-13/h1-9,14,19H,10,18H2. The largest absolute Gasteiger partial charge is 0.459 e. The monoisotopic (exact) mass is 302 g/mol. The number of halogens is 1. The number of furan rings is 1. The fourth-order valence-corrected chi connectivity index (χ4v) is 3.08. The van der Waals surface area contributed by atoms with Crippen LogP contribution in [0.4, 0.5) is 4.39 Å². The molecule has 0 aliphatic carbocycles. The van der Waals surface area contributed by atoms with Crippen LogP contribution in [0.5, 0.6) is 0 Å². The molecule has 1 aromatic heterocycles. The SMILES string of the molecule is NNC(CSc1ccccc1)c1cc2cc(F)ccc2o1. The zero-order valence-corrected chi connectivity index (χ0v) is 12.1. The highest BCUT2D eigenvalue weighted by atomic mass is 32.2. The number of benzene rings is 2. The second kappa shape index (κ2) is 6.30. The fraction of sp³-hybridized carbons (Fsp3) is 0.125. The summed E-state index contributed by atoms with van der Waals surface area (Å²) in [5.41, 5.74) is 3.42. The first-order valence-corrected chi connectivity index (χ1v) is 7.58. The number of nitrogens with one attached hydrogen (secondary N) is 1. The van der Waals surface area contributed by atoms with Crippen molar-refractivity contribution in [1.29, 1.82) is 0 Å². The predicted octanol–water partition coefficient (Wildman–Crippen LogP) is 3.87. The molecule has 0 amide bonds. The van der Waals surface area contributed by atoms with E-state index in [1.807, 2.05) is 36.4 Å². The van der Waals surface area contributed by atoms with Crippen LogP contribution in [-0.4, -0.2) is 5.75 Å². The zero-order chi connectivity index (χ0) is 14.7. The Labute approximate surface area is 126 Å². The van der Waals surface area contributed by atoms with Gasteiger partial charge >= 0.3 is 0 Å². The summed E-state index contributed by atoms with van der Waals surface area (Å²) < 4.78 is 19.0. The van der Waals surface area contributed by atoms with Gasteiger partial charge in [0.05, 0.1) is 6.04 Å².